The number of thioether (sulfide) groups is 1. The van der Waals surface area contributed by atoms with E-state index in [1.165, 1.54) is 0 Å². The van der Waals surface area contributed by atoms with Gasteiger partial charge in [0, 0.05) is 11.1 Å². The molecule has 0 saturated heterocycles. The van der Waals surface area contributed by atoms with Gasteiger partial charge in [-0.15, -0.1) is 0 Å². The number of hydrogen-bond acceptors (Lipinski definition) is 3. The molecule has 2 aromatic rings. The number of carbonyl (C=O) groups is 1. The number of allylic oxidation sites excluding steroid dienone is 1. The molecule has 108 valence electrons. The maximum Gasteiger partial charge on any atom is 0.283 e. The summed E-state index contributed by atoms with van der Waals surface area (Å²) in [7, 11) is 0. The van der Waals surface area contributed by atoms with E-state index >= 15 is 0 Å². The van der Waals surface area contributed by atoms with Crippen LogP contribution in [0.15, 0.2) is 76.8 Å². The van der Waals surface area contributed by atoms with Crippen LogP contribution in [0.4, 0.5) is 0 Å². The number of aliphatic imine (C=N–C) groups is 1. The molecule has 0 bridgehead atoms. The van der Waals surface area contributed by atoms with Gasteiger partial charge in [-0.25, -0.2) is 0 Å². The summed E-state index contributed by atoms with van der Waals surface area (Å²) in [5.74, 6) is -0.129. The van der Waals surface area contributed by atoms with Gasteiger partial charge in [-0.2, -0.15) is 4.99 Å². The molecule has 2 aliphatic heterocycles. The first-order chi connectivity index (χ1) is 10.7. The molecule has 4 rings (SSSR count). The predicted molar refractivity (Wildman–Crippen MR) is 89.3 cm³/mol. The molecule has 0 saturated carbocycles. The van der Waals surface area contributed by atoms with Crippen LogP contribution in [0.1, 0.15) is 18.1 Å². The lowest BCUT2D eigenvalue weighted by Gasteiger charge is -2.35. The van der Waals surface area contributed by atoms with Crippen molar-refractivity contribution in [1.29, 1.82) is 0 Å². The molecule has 0 fully saturated rings. The third kappa shape index (κ3) is 1.70. The average molecular weight is 306 g/mol. The van der Waals surface area contributed by atoms with Crippen molar-refractivity contribution in [2.75, 3.05) is 0 Å². The molecule has 0 aliphatic carbocycles. The van der Waals surface area contributed by atoms with Crippen molar-refractivity contribution >= 4 is 22.8 Å². The lowest BCUT2D eigenvalue weighted by Crippen LogP contribution is -2.45. The standard InChI is InChI=1S/C18H14N2OS/c1-13-12-20-17(22-13)19-16(21)18(20,14-8-4-2-5-9-14)15-10-6-3-7-11-15/h2-12H,1H3. The number of fused-ring (bicyclic) bond motifs is 1. The Morgan fingerprint density at radius 2 is 1.50 bits per heavy atom. The zero-order valence-corrected chi connectivity index (χ0v) is 12.9. The number of rotatable bonds is 2. The molecule has 4 heteroatoms. The van der Waals surface area contributed by atoms with Crippen molar-refractivity contribution in [3.63, 3.8) is 0 Å². The highest BCUT2D eigenvalue weighted by atomic mass is 32.2. The second kappa shape index (κ2) is 4.85. The van der Waals surface area contributed by atoms with Crippen LogP contribution in [-0.2, 0) is 10.3 Å². The summed E-state index contributed by atoms with van der Waals surface area (Å²) in [6.07, 6.45) is 2.02. The molecule has 22 heavy (non-hydrogen) atoms. The molecule has 0 aromatic heterocycles. The largest absolute Gasteiger partial charge is 0.303 e. The highest BCUT2D eigenvalue weighted by Crippen LogP contribution is 2.47. The summed E-state index contributed by atoms with van der Waals surface area (Å²) in [4.78, 5) is 20.4. The Morgan fingerprint density at radius 3 is 2.05 bits per heavy atom. The summed E-state index contributed by atoms with van der Waals surface area (Å²) in [5, 5.41) is 0.759. The number of amides is 1. The molecule has 2 heterocycles. The van der Waals surface area contributed by atoms with Crippen molar-refractivity contribution in [2.24, 2.45) is 4.99 Å². The molecule has 0 spiro atoms. The topological polar surface area (TPSA) is 32.7 Å². The summed E-state index contributed by atoms with van der Waals surface area (Å²) < 4.78 is 0. The van der Waals surface area contributed by atoms with Gasteiger partial charge in [-0.1, -0.05) is 72.4 Å². The molecular weight excluding hydrogens is 292 g/mol. The van der Waals surface area contributed by atoms with Crippen molar-refractivity contribution < 1.29 is 4.79 Å². The fraction of sp³-hybridized carbons (Fsp3) is 0.111. The zero-order chi connectivity index (χ0) is 15.2. The maximum atomic E-state index is 12.9. The first-order valence-electron chi connectivity index (χ1n) is 7.13. The molecule has 0 N–H and O–H groups in total. The highest BCUT2D eigenvalue weighted by Gasteiger charge is 2.54. The smallest absolute Gasteiger partial charge is 0.283 e. The van der Waals surface area contributed by atoms with Gasteiger partial charge in [0.05, 0.1) is 0 Å². The van der Waals surface area contributed by atoms with Crippen LogP contribution >= 0.6 is 11.8 Å². The Labute approximate surface area is 133 Å². The summed E-state index contributed by atoms with van der Waals surface area (Å²) in [5.41, 5.74) is 0.996. The van der Waals surface area contributed by atoms with Crippen molar-refractivity contribution in [2.45, 2.75) is 12.5 Å². The first-order valence-corrected chi connectivity index (χ1v) is 7.94. The quantitative estimate of drug-likeness (QED) is 0.847. The van der Waals surface area contributed by atoms with E-state index in [1.807, 2.05) is 78.7 Å². The Kier molecular flexibility index (Phi) is 2.94. The fourth-order valence-electron chi connectivity index (χ4n) is 3.09. The van der Waals surface area contributed by atoms with Crippen LogP contribution in [0.5, 0.6) is 0 Å². The minimum Gasteiger partial charge on any atom is -0.303 e. The number of carbonyl (C=O) groups excluding carboxylic acids is 1. The van der Waals surface area contributed by atoms with E-state index in [-0.39, 0.29) is 5.91 Å². The van der Waals surface area contributed by atoms with Crippen molar-refractivity contribution in [3.8, 4) is 0 Å². The van der Waals surface area contributed by atoms with Crippen LogP contribution in [0, 0.1) is 0 Å². The van der Waals surface area contributed by atoms with E-state index in [4.69, 9.17) is 0 Å². The molecular formula is C18H14N2OS. The predicted octanol–water partition coefficient (Wildman–Crippen LogP) is 3.74. The van der Waals surface area contributed by atoms with E-state index in [1.54, 1.807) is 11.8 Å². The monoisotopic (exact) mass is 306 g/mol. The van der Waals surface area contributed by atoms with Crippen molar-refractivity contribution in [1.82, 2.24) is 4.90 Å². The molecule has 0 atom stereocenters. The van der Waals surface area contributed by atoms with E-state index in [2.05, 4.69) is 4.99 Å². The van der Waals surface area contributed by atoms with Gasteiger partial charge in [0.1, 0.15) is 0 Å². The summed E-state index contributed by atoms with van der Waals surface area (Å²) in [6, 6.07) is 19.8. The minimum atomic E-state index is -0.886. The van der Waals surface area contributed by atoms with Crippen molar-refractivity contribution in [3.05, 3.63) is 82.9 Å². The van der Waals surface area contributed by atoms with Gasteiger partial charge in [-0.3, -0.25) is 4.79 Å². The molecule has 2 aromatic carbocycles. The van der Waals surface area contributed by atoms with E-state index in [0.29, 0.717) is 0 Å². The normalized spacial score (nSPS) is 19.0. The first kappa shape index (κ1) is 13.3. The van der Waals surface area contributed by atoms with Gasteiger partial charge in [0.25, 0.3) is 5.91 Å². The highest BCUT2D eigenvalue weighted by molar-refractivity contribution is 8.17. The van der Waals surface area contributed by atoms with Crippen LogP contribution in [0.25, 0.3) is 0 Å². The summed E-state index contributed by atoms with van der Waals surface area (Å²) >= 11 is 1.55. The van der Waals surface area contributed by atoms with E-state index in [9.17, 15) is 4.79 Å². The second-order valence-electron chi connectivity index (χ2n) is 5.35. The van der Waals surface area contributed by atoms with Crippen LogP contribution in [0.3, 0.4) is 0 Å². The third-order valence-electron chi connectivity index (χ3n) is 4.02. The van der Waals surface area contributed by atoms with E-state index < -0.39 is 5.54 Å². The lowest BCUT2D eigenvalue weighted by molar-refractivity contribution is -0.123. The number of hydrogen-bond donors (Lipinski definition) is 0. The number of amidine groups is 1. The van der Waals surface area contributed by atoms with Crippen LogP contribution in [0.2, 0.25) is 0 Å². The molecule has 2 aliphatic rings. The Bertz CT molecular complexity index is 757. The summed E-state index contributed by atoms with van der Waals surface area (Å²) in [6.45, 7) is 2.04. The second-order valence-corrected chi connectivity index (χ2v) is 6.57. The average Bonchev–Trinajstić information content (AvgIpc) is 3.03. The Hall–Kier alpha value is -2.33. The fourth-order valence-corrected chi connectivity index (χ4v) is 3.96. The lowest BCUT2D eigenvalue weighted by atomic mass is 9.81. The minimum absolute atomic E-state index is 0.129. The van der Waals surface area contributed by atoms with Gasteiger partial charge in [0.15, 0.2) is 10.7 Å². The van der Waals surface area contributed by atoms with Crippen LogP contribution in [-0.4, -0.2) is 16.0 Å². The number of benzene rings is 2. The Morgan fingerprint density at radius 1 is 0.955 bits per heavy atom. The third-order valence-corrected chi connectivity index (χ3v) is 4.92. The van der Waals surface area contributed by atoms with E-state index in [0.717, 1.165) is 21.2 Å². The molecule has 3 nitrogen and oxygen atoms in total. The molecule has 1 amide bonds. The maximum absolute atomic E-state index is 12.9. The SMILES string of the molecule is CC1=CN2C(=NC(=O)C2(c2ccccc2)c2ccccc2)S1. The van der Waals surface area contributed by atoms with Gasteiger partial charge >= 0.3 is 0 Å². The Balaban J connectivity index is 2.01. The molecule has 0 unspecified atom stereocenters. The van der Waals surface area contributed by atoms with Gasteiger partial charge in [-0.05, 0) is 18.1 Å². The van der Waals surface area contributed by atoms with Gasteiger partial charge in [0.2, 0.25) is 0 Å². The van der Waals surface area contributed by atoms with Gasteiger partial charge < -0.3 is 4.90 Å². The molecule has 0 radical (unpaired) electrons. The zero-order valence-electron chi connectivity index (χ0n) is 12.1. The van der Waals surface area contributed by atoms with Crippen LogP contribution < -0.4 is 0 Å². The number of nitrogens with zero attached hydrogens (tertiary/aromatic N) is 2.